The molecule has 1 aromatic carbocycles. The molecule has 0 fully saturated rings. The molecule has 0 aliphatic heterocycles. The lowest BCUT2D eigenvalue weighted by molar-refractivity contribution is 0.513. The van der Waals surface area contributed by atoms with Gasteiger partial charge in [-0.2, -0.15) is 5.26 Å². The van der Waals surface area contributed by atoms with Crippen LogP contribution in [0.5, 0.6) is 0 Å². The third-order valence-corrected chi connectivity index (χ3v) is 2.83. The van der Waals surface area contributed by atoms with Crippen molar-refractivity contribution in [3.63, 3.8) is 0 Å². The first-order chi connectivity index (χ1) is 8.14. The molecule has 0 aliphatic carbocycles. The Labute approximate surface area is 108 Å². The van der Waals surface area contributed by atoms with E-state index in [4.69, 9.17) is 5.26 Å². The number of nitriles is 1. The van der Waals surface area contributed by atoms with E-state index >= 15 is 0 Å². The third-order valence-electron chi connectivity index (χ3n) is 2.12. The van der Waals surface area contributed by atoms with Crippen molar-refractivity contribution < 1.29 is 0 Å². The summed E-state index contributed by atoms with van der Waals surface area (Å²) in [5.74, 6) is 3.22. The van der Waals surface area contributed by atoms with Gasteiger partial charge in [-0.15, -0.1) is 0 Å². The Bertz CT molecular complexity index is 469. The van der Waals surface area contributed by atoms with E-state index in [1.807, 2.05) is 42.5 Å². The average molecular weight is 241 g/mol. The Hall–Kier alpha value is -1.64. The fourth-order valence-electron chi connectivity index (χ4n) is 1.17. The molecule has 0 radical (unpaired) electrons. The van der Waals surface area contributed by atoms with Crippen molar-refractivity contribution in [2.75, 3.05) is 0 Å². The van der Waals surface area contributed by atoms with Gasteiger partial charge in [0.15, 0.2) is 0 Å². The van der Waals surface area contributed by atoms with Gasteiger partial charge < -0.3 is 0 Å². The zero-order chi connectivity index (χ0) is 12.6. The Morgan fingerprint density at radius 1 is 1.29 bits per heavy atom. The minimum Gasteiger partial charge on any atom is -0.193 e. The zero-order valence-electron chi connectivity index (χ0n) is 10.1. The number of rotatable bonds is 3. The number of thioether (sulfide) groups is 1. The van der Waals surface area contributed by atoms with Crippen LogP contribution in [-0.2, 0) is 0 Å². The molecular weight excluding hydrogens is 226 g/mol. The minimum atomic E-state index is -0.0882. The predicted octanol–water partition coefficient (Wildman–Crippen LogP) is 4.24. The largest absolute Gasteiger partial charge is 0.193 e. The molecule has 0 N–H and O–H groups in total. The Kier molecular flexibility index (Phi) is 5.40. The molecule has 86 valence electrons. The van der Waals surface area contributed by atoms with Gasteiger partial charge in [-0.25, -0.2) is 0 Å². The quantitative estimate of drug-likeness (QED) is 0.449. The number of benzene rings is 1. The monoisotopic (exact) mass is 241 g/mol. The SMILES string of the molecule is CC(C)(C#CSc1ccccc1)C/C=C/C#N. The van der Waals surface area contributed by atoms with Gasteiger partial charge in [0.05, 0.1) is 6.07 Å². The van der Waals surface area contributed by atoms with Crippen LogP contribution in [-0.4, -0.2) is 0 Å². The average Bonchev–Trinajstić information content (AvgIpc) is 2.30. The highest BCUT2D eigenvalue weighted by Crippen LogP contribution is 2.21. The third kappa shape index (κ3) is 5.85. The highest BCUT2D eigenvalue weighted by molar-refractivity contribution is 8.03. The van der Waals surface area contributed by atoms with Gasteiger partial charge in [-0.05, 0) is 49.4 Å². The molecule has 0 amide bonds. The van der Waals surface area contributed by atoms with E-state index in [1.54, 1.807) is 0 Å². The maximum atomic E-state index is 8.41. The van der Waals surface area contributed by atoms with Crippen LogP contribution in [0, 0.1) is 27.9 Å². The van der Waals surface area contributed by atoms with Gasteiger partial charge in [0.1, 0.15) is 0 Å². The first-order valence-corrected chi connectivity index (χ1v) is 6.24. The summed E-state index contributed by atoms with van der Waals surface area (Å²) in [6.45, 7) is 4.15. The molecule has 1 rings (SSSR count). The summed E-state index contributed by atoms with van der Waals surface area (Å²) in [7, 11) is 0. The Morgan fingerprint density at radius 3 is 2.65 bits per heavy atom. The molecular formula is C15H15NS. The Morgan fingerprint density at radius 2 is 2.00 bits per heavy atom. The molecule has 0 atom stereocenters. The highest BCUT2D eigenvalue weighted by Gasteiger charge is 2.11. The van der Waals surface area contributed by atoms with E-state index in [2.05, 4.69) is 25.0 Å². The van der Waals surface area contributed by atoms with Crippen LogP contribution in [0.3, 0.4) is 0 Å². The van der Waals surface area contributed by atoms with Crippen LogP contribution in [0.2, 0.25) is 0 Å². The maximum Gasteiger partial charge on any atom is 0.0908 e. The number of nitrogens with zero attached hydrogens (tertiary/aromatic N) is 1. The second-order valence-corrected chi connectivity index (χ2v) is 5.14. The molecule has 0 saturated heterocycles. The van der Waals surface area contributed by atoms with Crippen molar-refractivity contribution in [3.8, 4) is 17.2 Å². The van der Waals surface area contributed by atoms with Crippen LogP contribution in [0.4, 0.5) is 0 Å². The fourth-order valence-corrected chi connectivity index (χ4v) is 1.91. The number of hydrogen-bond donors (Lipinski definition) is 0. The topological polar surface area (TPSA) is 23.8 Å². The maximum absolute atomic E-state index is 8.41. The molecule has 0 aromatic heterocycles. The predicted molar refractivity (Wildman–Crippen MR) is 73.2 cm³/mol. The van der Waals surface area contributed by atoms with Crippen molar-refractivity contribution in [1.82, 2.24) is 0 Å². The molecule has 0 saturated carbocycles. The lowest BCUT2D eigenvalue weighted by Crippen LogP contribution is -2.05. The van der Waals surface area contributed by atoms with Gasteiger partial charge in [0, 0.05) is 16.4 Å². The summed E-state index contributed by atoms with van der Waals surface area (Å²) in [6.07, 6.45) is 4.17. The van der Waals surface area contributed by atoms with Crippen LogP contribution in [0.25, 0.3) is 0 Å². The van der Waals surface area contributed by atoms with Crippen molar-refractivity contribution in [2.45, 2.75) is 25.2 Å². The lowest BCUT2D eigenvalue weighted by atomic mass is 9.90. The fraction of sp³-hybridized carbons (Fsp3) is 0.267. The van der Waals surface area contributed by atoms with Crippen LogP contribution in [0.1, 0.15) is 20.3 Å². The normalized spacial score (nSPS) is 10.6. The van der Waals surface area contributed by atoms with E-state index in [0.717, 1.165) is 11.3 Å². The standard InChI is InChI=1S/C15H15NS/c1-15(2,10-6-7-12-16)11-13-17-14-8-4-3-5-9-14/h3-9H,10H2,1-2H3/b7-6+. The summed E-state index contributed by atoms with van der Waals surface area (Å²) in [5, 5.41) is 11.5. The van der Waals surface area contributed by atoms with Gasteiger partial charge >= 0.3 is 0 Å². The first kappa shape index (κ1) is 13.4. The summed E-state index contributed by atoms with van der Waals surface area (Å²) in [5.41, 5.74) is -0.0882. The summed E-state index contributed by atoms with van der Waals surface area (Å²) in [4.78, 5) is 1.16. The van der Waals surface area contributed by atoms with Crippen molar-refractivity contribution in [2.24, 2.45) is 5.41 Å². The van der Waals surface area contributed by atoms with E-state index in [-0.39, 0.29) is 5.41 Å². The van der Waals surface area contributed by atoms with Gasteiger partial charge in [-0.3, -0.25) is 0 Å². The smallest absolute Gasteiger partial charge is 0.0908 e. The van der Waals surface area contributed by atoms with E-state index in [1.165, 1.54) is 17.8 Å². The molecule has 0 unspecified atom stereocenters. The molecule has 17 heavy (non-hydrogen) atoms. The molecule has 0 heterocycles. The molecule has 1 aromatic rings. The van der Waals surface area contributed by atoms with Gasteiger partial charge in [0.25, 0.3) is 0 Å². The van der Waals surface area contributed by atoms with E-state index < -0.39 is 0 Å². The molecule has 2 heteroatoms. The van der Waals surface area contributed by atoms with Crippen LogP contribution in [0.15, 0.2) is 47.4 Å². The first-order valence-electron chi connectivity index (χ1n) is 5.43. The highest BCUT2D eigenvalue weighted by atomic mass is 32.2. The van der Waals surface area contributed by atoms with Crippen LogP contribution < -0.4 is 0 Å². The van der Waals surface area contributed by atoms with Gasteiger partial charge in [0.2, 0.25) is 0 Å². The van der Waals surface area contributed by atoms with Gasteiger partial charge in [-0.1, -0.05) is 30.2 Å². The second-order valence-electron chi connectivity index (χ2n) is 4.26. The van der Waals surface area contributed by atoms with E-state index in [0.29, 0.717) is 0 Å². The summed E-state index contributed by atoms with van der Waals surface area (Å²) >= 11 is 1.54. The number of hydrogen-bond acceptors (Lipinski definition) is 2. The van der Waals surface area contributed by atoms with Crippen LogP contribution >= 0.6 is 11.8 Å². The lowest BCUT2D eigenvalue weighted by Gasteiger charge is -2.13. The minimum absolute atomic E-state index is 0.0882. The molecule has 1 nitrogen and oxygen atoms in total. The summed E-state index contributed by atoms with van der Waals surface area (Å²) in [6, 6.07) is 12.1. The van der Waals surface area contributed by atoms with Crippen molar-refractivity contribution in [3.05, 3.63) is 42.5 Å². The number of allylic oxidation sites excluding steroid dienone is 2. The zero-order valence-corrected chi connectivity index (χ0v) is 10.9. The van der Waals surface area contributed by atoms with Crippen molar-refractivity contribution in [1.29, 1.82) is 5.26 Å². The Balaban J connectivity index is 2.54. The second kappa shape index (κ2) is 6.84. The summed E-state index contributed by atoms with van der Waals surface area (Å²) < 4.78 is 0. The van der Waals surface area contributed by atoms with E-state index in [9.17, 15) is 0 Å². The molecule has 0 bridgehead atoms. The molecule has 0 aliphatic rings. The van der Waals surface area contributed by atoms with Crippen molar-refractivity contribution >= 4 is 11.8 Å². The molecule has 0 spiro atoms.